The number of aromatic nitrogens is 1. The van der Waals surface area contributed by atoms with E-state index in [0.29, 0.717) is 11.5 Å². The van der Waals surface area contributed by atoms with Gasteiger partial charge in [-0.3, -0.25) is 19.7 Å². The van der Waals surface area contributed by atoms with Crippen molar-refractivity contribution in [3.63, 3.8) is 0 Å². The summed E-state index contributed by atoms with van der Waals surface area (Å²) in [6.07, 6.45) is -0.00441. The summed E-state index contributed by atoms with van der Waals surface area (Å²) in [6, 6.07) is 6.83. The molecule has 126 valence electrons. The predicted octanol–water partition coefficient (Wildman–Crippen LogP) is 1.75. The first kappa shape index (κ1) is 17.1. The smallest absolute Gasteiger partial charge is 0.307 e. The van der Waals surface area contributed by atoms with Crippen LogP contribution in [0.4, 0.5) is 5.69 Å². The van der Waals surface area contributed by atoms with Crippen molar-refractivity contribution in [1.82, 2.24) is 10.5 Å². The Morgan fingerprint density at radius 3 is 2.62 bits per heavy atom. The molecule has 2 rings (SSSR count). The van der Waals surface area contributed by atoms with Crippen LogP contribution in [0.1, 0.15) is 28.2 Å². The Morgan fingerprint density at radius 1 is 1.33 bits per heavy atom. The average Bonchev–Trinajstić information content (AvgIpc) is 2.98. The van der Waals surface area contributed by atoms with Crippen molar-refractivity contribution in [2.45, 2.75) is 20.0 Å². The van der Waals surface area contributed by atoms with E-state index < -0.39 is 16.8 Å². The molecule has 1 N–H and O–H groups in total. The second-order valence-electron chi connectivity index (χ2n) is 4.90. The summed E-state index contributed by atoms with van der Waals surface area (Å²) in [5.74, 6) is -0.291. The molecule has 0 saturated heterocycles. The van der Waals surface area contributed by atoms with E-state index in [9.17, 15) is 19.7 Å². The topological polar surface area (TPSA) is 125 Å². The van der Waals surface area contributed by atoms with E-state index in [2.05, 4.69) is 10.5 Å². The number of aryl methyl sites for hydroxylation is 1. The number of esters is 1. The van der Waals surface area contributed by atoms with Gasteiger partial charge in [0.25, 0.3) is 11.6 Å². The standard InChI is InChI=1S/C15H15N3O6/c1-10-8-12(17-24-10)9-23-14(19)6-7-16-15(20)11-2-4-13(5-3-11)18(21)22/h2-5,8H,6-7,9H2,1H3,(H,16,20). The summed E-state index contributed by atoms with van der Waals surface area (Å²) in [7, 11) is 0. The highest BCUT2D eigenvalue weighted by Crippen LogP contribution is 2.11. The Hall–Kier alpha value is -3.23. The predicted molar refractivity (Wildman–Crippen MR) is 81.1 cm³/mol. The summed E-state index contributed by atoms with van der Waals surface area (Å²) in [4.78, 5) is 33.4. The third-order valence-corrected chi connectivity index (χ3v) is 3.01. The number of ether oxygens (including phenoxy) is 1. The molecular weight excluding hydrogens is 318 g/mol. The maximum atomic E-state index is 11.8. The zero-order valence-corrected chi connectivity index (χ0v) is 12.9. The maximum absolute atomic E-state index is 11.8. The number of nitro benzene ring substituents is 1. The molecule has 0 bridgehead atoms. The lowest BCUT2D eigenvalue weighted by molar-refractivity contribution is -0.384. The van der Waals surface area contributed by atoms with Gasteiger partial charge in [0.2, 0.25) is 0 Å². The van der Waals surface area contributed by atoms with Crippen LogP contribution in [0.5, 0.6) is 0 Å². The molecule has 0 fully saturated rings. The van der Waals surface area contributed by atoms with Crippen molar-refractivity contribution in [1.29, 1.82) is 0 Å². The van der Waals surface area contributed by atoms with Crippen molar-refractivity contribution in [2.24, 2.45) is 0 Å². The molecule has 0 aliphatic carbocycles. The SMILES string of the molecule is Cc1cc(COC(=O)CCNC(=O)c2ccc([N+](=O)[O-])cc2)no1. The first-order valence-corrected chi connectivity index (χ1v) is 7.06. The Bertz CT molecular complexity index is 738. The molecular formula is C15H15N3O6. The highest BCUT2D eigenvalue weighted by atomic mass is 16.6. The van der Waals surface area contributed by atoms with Gasteiger partial charge in [0.1, 0.15) is 18.1 Å². The van der Waals surface area contributed by atoms with Crippen LogP contribution in [0.3, 0.4) is 0 Å². The highest BCUT2D eigenvalue weighted by molar-refractivity contribution is 5.94. The van der Waals surface area contributed by atoms with Crippen LogP contribution >= 0.6 is 0 Å². The molecule has 1 aromatic carbocycles. The number of nitrogens with zero attached hydrogens (tertiary/aromatic N) is 2. The first-order valence-electron chi connectivity index (χ1n) is 7.06. The van der Waals surface area contributed by atoms with Crippen molar-refractivity contribution in [3.05, 3.63) is 57.5 Å². The van der Waals surface area contributed by atoms with Gasteiger partial charge in [-0.05, 0) is 19.1 Å². The Balaban J connectivity index is 1.71. The summed E-state index contributed by atoms with van der Waals surface area (Å²) in [5.41, 5.74) is 0.682. The molecule has 0 radical (unpaired) electrons. The van der Waals surface area contributed by atoms with Crippen LogP contribution in [-0.2, 0) is 16.1 Å². The number of rotatable bonds is 7. The van der Waals surface area contributed by atoms with Gasteiger partial charge in [-0.1, -0.05) is 5.16 Å². The minimum absolute atomic E-state index is 0.00441. The fourth-order valence-corrected chi connectivity index (χ4v) is 1.83. The Labute approximate surface area is 136 Å². The normalized spacial score (nSPS) is 10.2. The van der Waals surface area contributed by atoms with Crippen LogP contribution in [0.25, 0.3) is 0 Å². The van der Waals surface area contributed by atoms with Gasteiger partial charge >= 0.3 is 5.97 Å². The number of non-ortho nitro benzene ring substituents is 1. The van der Waals surface area contributed by atoms with Crippen molar-refractivity contribution >= 4 is 17.6 Å². The molecule has 1 heterocycles. The van der Waals surface area contributed by atoms with Crippen LogP contribution in [-0.4, -0.2) is 28.5 Å². The van der Waals surface area contributed by atoms with Gasteiger partial charge in [0.05, 0.1) is 11.3 Å². The lowest BCUT2D eigenvalue weighted by Crippen LogP contribution is -2.26. The molecule has 9 heteroatoms. The quantitative estimate of drug-likeness (QED) is 0.465. The van der Waals surface area contributed by atoms with Gasteiger partial charge in [-0.25, -0.2) is 0 Å². The lowest BCUT2D eigenvalue weighted by atomic mass is 10.2. The number of nitro groups is 1. The third kappa shape index (κ3) is 4.90. The number of hydrogen-bond donors (Lipinski definition) is 1. The number of hydrogen-bond acceptors (Lipinski definition) is 7. The number of amides is 1. The van der Waals surface area contributed by atoms with Gasteiger partial charge in [-0.2, -0.15) is 0 Å². The van der Waals surface area contributed by atoms with E-state index >= 15 is 0 Å². The number of nitrogens with one attached hydrogen (secondary N) is 1. The zero-order chi connectivity index (χ0) is 17.5. The fourth-order valence-electron chi connectivity index (χ4n) is 1.83. The molecule has 0 unspecified atom stereocenters. The molecule has 1 amide bonds. The fraction of sp³-hybridized carbons (Fsp3) is 0.267. The van der Waals surface area contributed by atoms with E-state index in [-0.39, 0.29) is 30.8 Å². The van der Waals surface area contributed by atoms with E-state index in [1.165, 1.54) is 24.3 Å². The molecule has 0 atom stereocenters. The third-order valence-electron chi connectivity index (χ3n) is 3.01. The summed E-state index contributed by atoms with van der Waals surface area (Å²) >= 11 is 0. The van der Waals surface area contributed by atoms with Gasteiger partial charge < -0.3 is 14.6 Å². The molecule has 2 aromatic rings. The molecule has 0 saturated carbocycles. The molecule has 1 aromatic heterocycles. The molecule has 0 spiro atoms. The second kappa shape index (κ2) is 7.86. The van der Waals surface area contributed by atoms with Crippen molar-refractivity contribution in [3.8, 4) is 0 Å². The molecule has 9 nitrogen and oxygen atoms in total. The minimum atomic E-state index is -0.548. The minimum Gasteiger partial charge on any atom is -0.459 e. The van der Waals surface area contributed by atoms with Gasteiger partial charge in [0, 0.05) is 30.3 Å². The number of carbonyl (C=O) groups is 2. The van der Waals surface area contributed by atoms with Crippen LogP contribution in [0.15, 0.2) is 34.9 Å². The van der Waals surface area contributed by atoms with E-state index in [0.717, 1.165) is 0 Å². The lowest BCUT2D eigenvalue weighted by Gasteiger charge is -2.05. The highest BCUT2D eigenvalue weighted by Gasteiger charge is 2.11. The summed E-state index contributed by atoms with van der Waals surface area (Å²) < 4.78 is 9.82. The molecule has 24 heavy (non-hydrogen) atoms. The van der Waals surface area contributed by atoms with E-state index in [1.807, 2.05) is 0 Å². The maximum Gasteiger partial charge on any atom is 0.307 e. The van der Waals surface area contributed by atoms with E-state index in [4.69, 9.17) is 9.26 Å². The zero-order valence-electron chi connectivity index (χ0n) is 12.9. The van der Waals surface area contributed by atoms with Crippen LogP contribution in [0, 0.1) is 17.0 Å². The van der Waals surface area contributed by atoms with Crippen molar-refractivity contribution < 1.29 is 23.8 Å². The van der Waals surface area contributed by atoms with Crippen LogP contribution < -0.4 is 5.32 Å². The molecule has 0 aliphatic heterocycles. The second-order valence-corrected chi connectivity index (χ2v) is 4.90. The molecule has 0 aliphatic rings. The monoisotopic (exact) mass is 333 g/mol. The summed E-state index contributed by atoms with van der Waals surface area (Å²) in [6.45, 7) is 1.82. The summed E-state index contributed by atoms with van der Waals surface area (Å²) in [5, 5.41) is 16.8. The largest absolute Gasteiger partial charge is 0.459 e. The number of carbonyl (C=O) groups excluding carboxylic acids is 2. The Morgan fingerprint density at radius 2 is 2.04 bits per heavy atom. The van der Waals surface area contributed by atoms with Gasteiger partial charge in [0.15, 0.2) is 0 Å². The van der Waals surface area contributed by atoms with Crippen LogP contribution in [0.2, 0.25) is 0 Å². The Kier molecular flexibility index (Phi) is 5.61. The number of benzene rings is 1. The first-order chi connectivity index (χ1) is 11.5. The average molecular weight is 333 g/mol. The van der Waals surface area contributed by atoms with Crippen molar-refractivity contribution in [2.75, 3.05) is 6.54 Å². The van der Waals surface area contributed by atoms with Gasteiger partial charge in [-0.15, -0.1) is 0 Å². The van der Waals surface area contributed by atoms with E-state index in [1.54, 1.807) is 13.0 Å².